The minimum atomic E-state index is 0.183. The van der Waals surface area contributed by atoms with Crippen molar-refractivity contribution in [2.45, 2.75) is 52.1 Å². The lowest BCUT2D eigenvalue weighted by molar-refractivity contribution is 0.170. The zero-order valence-corrected chi connectivity index (χ0v) is 13.2. The van der Waals surface area contributed by atoms with E-state index in [4.69, 9.17) is 10.5 Å². The maximum Gasteiger partial charge on any atom is 0.317 e. The average molecular weight is 304 g/mol. The highest BCUT2D eigenvalue weighted by Crippen LogP contribution is 2.37. The van der Waals surface area contributed by atoms with Gasteiger partial charge >= 0.3 is 6.01 Å². The van der Waals surface area contributed by atoms with E-state index in [-0.39, 0.29) is 6.10 Å². The Hall–Kier alpha value is -1.69. The number of aromatic nitrogens is 3. The van der Waals surface area contributed by atoms with Crippen molar-refractivity contribution in [2.75, 3.05) is 5.73 Å². The van der Waals surface area contributed by atoms with Gasteiger partial charge in [-0.15, -0.1) is 0 Å². The number of hydrogen-bond acceptors (Lipinski definition) is 6. The van der Waals surface area contributed by atoms with Crippen molar-refractivity contribution in [1.29, 1.82) is 0 Å². The second-order valence-corrected chi connectivity index (χ2v) is 6.32. The third-order valence-corrected chi connectivity index (χ3v) is 4.67. The van der Waals surface area contributed by atoms with Gasteiger partial charge in [-0.05, 0) is 31.2 Å². The van der Waals surface area contributed by atoms with E-state index in [0.29, 0.717) is 11.1 Å². The molecule has 5 nitrogen and oxygen atoms in total. The van der Waals surface area contributed by atoms with E-state index in [0.717, 1.165) is 53.9 Å². The summed E-state index contributed by atoms with van der Waals surface area (Å²) in [6, 6.07) is 0.467. The standard InChI is InChI=1S/C15H20N4OS/c1-3-5-10(4-2)20-15-17-8-9-6-7-11-13(12(9)19-15)21-14(16)18-11/h8,10H,3-7H2,1-2H3,(H2,16,18). The number of thiazole rings is 1. The first-order chi connectivity index (χ1) is 10.2. The average Bonchev–Trinajstić information content (AvgIpc) is 2.87. The van der Waals surface area contributed by atoms with Gasteiger partial charge in [-0.3, -0.25) is 0 Å². The number of nitrogens with zero attached hydrogens (tertiary/aromatic N) is 3. The molecule has 3 rings (SSSR count). The molecule has 1 aliphatic carbocycles. The summed E-state index contributed by atoms with van der Waals surface area (Å²) in [6.45, 7) is 4.28. The van der Waals surface area contributed by atoms with Gasteiger partial charge in [-0.2, -0.15) is 4.98 Å². The molecule has 1 unspecified atom stereocenters. The summed E-state index contributed by atoms with van der Waals surface area (Å²) in [5.74, 6) is 0. The van der Waals surface area contributed by atoms with Crippen molar-refractivity contribution in [3.05, 3.63) is 17.5 Å². The predicted molar refractivity (Wildman–Crippen MR) is 84.6 cm³/mol. The molecule has 6 heteroatoms. The molecule has 2 aromatic heterocycles. The zero-order chi connectivity index (χ0) is 14.8. The normalized spacial score (nSPS) is 14.4. The van der Waals surface area contributed by atoms with Crippen LogP contribution in [0.4, 0.5) is 5.13 Å². The lowest BCUT2D eigenvalue weighted by Gasteiger charge is -2.18. The van der Waals surface area contributed by atoms with Crippen LogP contribution in [0.15, 0.2) is 6.20 Å². The summed E-state index contributed by atoms with van der Waals surface area (Å²) in [5, 5.41) is 0.603. The Bertz CT molecular complexity index is 641. The third-order valence-electron chi connectivity index (χ3n) is 3.74. The van der Waals surface area contributed by atoms with E-state index in [1.165, 1.54) is 11.3 Å². The maximum absolute atomic E-state index is 5.92. The van der Waals surface area contributed by atoms with Crippen molar-refractivity contribution in [3.63, 3.8) is 0 Å². The number of nitrogens with two attached hydrogens (primary N) is 1. The molecule has 0 fully saturated rings. The monoisotopic (exact) mass is 304 g/mol. The second kappa shape index (κ2) is 5.97. The number of fused-ring (bicyclic) bond motifs is 3. The topological polar surface area (TPSA) is 73.9 Å². The molecule has 0 saturated carbocycles. The molecule has 0 bridgehead atoms. The van der Waals surface area contributed by atoms with Crippen LogP contribution in [0.3, 0.4) is 0 Å². The Labute approximate surface area is 128 Å². The van der Waals surface area contributed by atoms with E-state index in [2.05, 4.69) is 28.8 Å². The van der Waals surface area contributed by atoms with Crippen LogP contribution in [0.1, 0.15) is 44.4 Å². The Morgan fingerprint density at radius 1 is 1.33 bits per heavy atom. The van der Waals surface area contributed by atoms with E-state index in [1.54, 1.807) is 0 Å². The fourth-order valence-corrected chi connectivity index (χ4v) is 3.53. The minimum absolute atomic E-state index is 0.183. The highest BCUT2D eigenvalue weighted by Gasteiger charge is 2.23. The number of aryl methyl sites for hydroxylation is 2. The van der Waals surface area contributed by atoms with Gasteiger partial charge in [-0.1, -0.05) is 31.6 Å². The smallest absolute Gasteiger partial charge is 0.317 e. The van der Waals surface area contributed by atoms with Crippen LogP contribution in [0.25, 0.3) is 10.6 Å². The van der Waals surface area contributed by atoms with Crippen molar-refractivity contribution >= 4 is 16.5 Å². The molecule has 0 aromatic carbocycles. The molecule has 1 atom stereocenters. The molecular formula is C15H20N4OS. The van der Waals surface area contributed by atoms with Crippen LogP contribution < -0.4 is 10.5 Å². The van der Waals surface area contributed by atoms with Crippen LogP contribution >= 0.6 is 11.3 Å². The van der Waals surface area contributed by atoms with Crippen LogP contribution in [0.2, 0.25) is 0 Å². The summed E-state index contributed by atoms with van der Waals surface area (Å²) in [6.07, 6.45) is 6.98. The van der Waals surface area contributed by atoms with Crippen LogP contribution in [0.5, 0.6) is 6.01 Å². The summed E-state index contributed by atoms with van der Waals surface area (Å²) in [7, 11) is 0. The molecule has 112 valence electrons. The van der Waals surface area contributed by atoms with Gasteiger partial charge in [0.1, 0.15) is 6.10 Å². The van der Waals surface area contributed by atoms with Crippen LogP contribution in [-0.2, 0) is 12.8 Å². The lowest BCUT2D eigenvalue weighted by atomic mass is 10.00. The Balaban J connectivity index is 1.90. The van der Waals surface area contributed by atoms with Gasteiger partial charge < -0.3 is 10.5 Å². The second-order valence-electron chi connectivity index (χ2n) is 5.29. The molecule has 2 N–H and O–H groups in total. The molecule has 21 heavy (non-hydrogen) atoms. The molecule has 0 saturated heterocycles. The predicted octanol–water partition coefficient (Wildman–Crippen LogP) is 3.24. The molecule has 2 aromatic rings. The number of rotatable bonds is 5. The van der Waals surface area contributed by atoms with Gasteiger partial charge in [-0.25, -0.2) is 9.97 Å². The first-order valence-corrected chi connectivity index (χ1v) is 8.31. The van der Waals surface area contributed by atoms with Crippen molar-refractivity contribution in [1.82, 2.24) is 15.0 Å². The third kappa shape index (κ3) is 2.85. The van der Waals surface area contributed by atoms with Crippen molar-refractivity contribution < 1.29 is 4.74 Å². The fraction of sp³-hybridized carbons (Fsp3) is 0.533. The molecular weight excluding hydrogens is 284 g/mol. The summed E-state index contributed by atoms with van der Waals surface area (Å²) < 4.78 is 5.92. The highest BCUT2D eigenvalue weighted by molar-refractivity contribution is 7.18. The number of hydrogen-bond donors (Lipinski definition) is 1. The van der Waals surface area contributed by atoms with Gasteiger partial charge in [0.2, 0.25) is 0 Å². The quantitative estimate of drug-likeness (QED) is 0.918. The van der Waals surface area contributed by atoms with Crippen LogP contribution in [-0.4, -0.2) is 21.1 Å². The maximum atomic E-state index is 5.92. The van der Waals surface area contributed by atoms with E-state index < -0.39 is 0 Å². The van der Waals surface area contributed by atoms with Gasteiger partial charge in [0.05, 0.1) is 16.3 Å². The van der Waals surface area contributed by atoms with E-state index in [1.807, 2.05) is 6.20 Å². The van der Waals surface area contributed by atoms with E-state index in [9.17, 15) is 0 Å². The SMILES string of the molecule is CCCC(CC)Oc1ncc2c(n1)-c1sc(N)nc1CC2. The van der Waals surface area contributed by atoms with Crippen molar-refractivity contribution in [2.24, 2.45) is 0 Å². The Morgan fingerprint density at radius 3 is 2.95 bits per heavy atom. The first kappa shape index (κ1) is 14.3. The van der Waals surface area contributed by atoms with Crippen molar-refractivity contribution in [3.8, 4) is 16.6 Å². The van der Waals surface area contributed by atoms with Crippen LogP contribution in [0, 0.1) is 0 Å². The fourth-order valence-electron chi connectivity index (χ4n) is 2.62. The molecule has 0 radical (unpaired) electrons. The van der Waals surface area contributed by atoms with E-state index >= 15 is 0 Å². The number of anilines is 1. The summed E-state index contributed by atoms with van der Waals surface area (Å²) in [5.41, 5.74) is 8.98. The zero-order valence-electron chi connectivity index (χ0n) is 12.4. The van der Waals surface area contributed by atoms with Gasteiger partial charge in [0, 0.05) is 6.20 Å². The first-order valence-electron chi connectivity index (χ1n) is 7.49. The molecule has 0 spiro atoms. The highest BCUT2D eigenvalue weighted by atomic mass is 32.1. The molecule has 0 amide bonds. The minimum Gasteiger partial charge on any atom is -0.460 e. The lowest BCUT2D eigenvalue weighted by Crippen LogP contribution is -2.17. The molecule has 0 aliphatic heterocycles. The summed E-state index contributed by atoms with van der Waals surface area (Å²) in [4.78, 5) is 14.4. The molecule has 1 aliphatic rings. The van der Waals surface area contributed by atoms with Gasteiger partial charge in [0.15, 0.2) is 5.13 Å². The number of ether oxygens (including phenoxy) is 1. The Morgan fingerprint density at radius 2 is 2.19 bits per heavy atom. The Kier molecular flexibility index (Phi) is 4.05. The largest absolute Gasteiger partial charge is 0.460 e. The van der Waals surface area contributed by atoms with Gasteiger partial charge in [0.25, 0.3) is 0 Å². The summed E-state index contributed by atoms with van der Waals surface area (Å²) >= 11 is 1.50. The molecule has 2 heterocycles. The number of nitrogen functional groups attached to an aromatic ring is 1.